The molecule has 1 saturated heterocycles. The molecule has 0 aromatic heterocycles. The second-order valence-electron chi connectivity index (χ2n) is 9.09. The van der Waals surface area contributed by atoms with Gasteiger partial charge in [0.15, 0.2) is 0 Å². The Morgan fingerprint density at radius 2 is 1.69 bits per heavy atom. The van der Waals surface area contributed by atoms with Gasteiger partial charge in [-0.05, 0) is 38.3 Å². The molecule has 0 radical (unpaired) electrons. The fourth-order valence-electron chi connectivity index (χ4n) is 3.95. The van der Waals surface area contributed by atoms with Crippen LogP contribution in [0.4, 0.5) is 9.59 Å². The van der Waals surface area contributed by atoms with Gasteiger partial charge in [0.25, 0.3) is 0 Å². The first-order chi connectivity index (χ1) is 15.3. The number of aliphatic hydroxyl groups is 1. The van der Waals surface area contributed by atoms with Crippen LogP contribution in [0.1, 0.15) is 44.4 Å². The molecule has 3 rings (SSSR count). The number of rotatable bonds is 5. The Morgan fingerprint density at radius 3 is 2.28 bits per heavy atom. The zero-order valence-corrected chi connectivity index (χ0v) is 18.9. The van der Waals surface area contributed by atoms with E-state index in [1.165, 1.54) is 0 Å². The zero-order chi connectivity index (χ0) is 23.1. The topological polar surface area (TPSA) is 88.1 Å². The summed E-state index contributed by atoms with van der Waals surface area (Å²) < 4.78 is 11.1. The summed E-state index contributed by atoms with van der Waals surface area (Å²) in [7, 11) is 0. The van der Waals surface area contributed by atoms with E-state index < -0.39 is 29.9 Å². The van der Waals surface area contributed by atoms with Crippen LogP contribution in [0.2, 0.25) is 0 Å². The van der Waals surface area contributed by atoms with E-state index >= 15 is 0 Å². The molecule has 1 aliphatic rings. The summed E-state index contributed by atoms with van der Waals surface area (Å²) in [5, 5.41) is 12.8. The molecule has 0 bridgehead atoms. The Labute approximate surface area is 189 Å². The molecule has 7 nitrogen and oxygen atoms in total. The number of benzene rings is 2. The first-order valence-corrected chi connectivity index (χ1v) is 10.9. The van der Waals surface area contributed by atoms with Gasteiger partial charge in [0.05, 0.1) is 12.1 Å². The van der Waals surface area contributed by atoms with Gasteiger partial charge >= 0.3 is 12.2 Å². The maximum absolute atomic E-state index is 13.2. The Morgan fingerprint density at radius 1 is 1.06 bits per heavy atom. The van der Waals surface area contributed by atoms with Gasteiger partial charge in [-0.1, -0.05) is 60.7 Å². The summed E-state index contributed by atoms with van der Waals surface area (Å²) in [4.78, 5) is 27.3. The van der Waals surface area contributed by atoms with Crippen molar-refractivity contribution in [2.45, 2.75) is 51.5 Å². The molecule has 0 saturated carbocycles. The number of ether oxygens (including phenoxy) is 2. The van der Waals surface area contributed by atoms with Crippen LogP contribution >= 0.6 is 0 Å². The largest absolute Gasteiger partial charge is 0.445 e. The summed E-state index contributed by atoms with van der Waals surface area (Å²) >= 11 is 0. The van der Waals surface area contributed by atoms with E-state index in [2.05, 4.69) is 5.32 Å². The number of alkyl carbamates (subject to hydrolysis) is 1. The van der Waals surface area contributed by atoms with E-state index in [9.17, 15) is 14.7 Å². The molecule has 7 heteroatoms. The molecule has 0 aliphatic carbocycles. The molecular weight excluding hydrogens is 408 g/mol. The highest BCUT2D eigenvalue weighted by Crippen LogP contribution is 2.34. The van der Waals surface area contributed by atoms with Crippen molar-refractivity contribution in [2.75, 3.05) is 13.2 Å². The molecule has 2 amide bonds. The molecule has 1 fully saturated rings. The monoisotopic (exact) mass is 440 g/mol. The summed E-state index contributed by atoms with van der Waals surface area (Å²) in [6.45, 7) is 5.77. The molecular formula is C25H32N2O5. The lowest BCUT2D eigenvalue weighted by atomic mass is 9.85. The van der Waals surface area contributed by atoms with Crippen LogP contribution in [0.15, 0.2) is 60.7 Å². The molecule has 0 spiro atoms. The Balaban J connectivity index is 1.84. The number of piperidine rings is 1. The van der Waals surface area contributed by atoms with Crippen molar-refractivity contribution in [1.82, 2.24) is 10.2 Å². The lowest BCUT2D eigenvalue weighted by Gasteiger charge is -2.44. The van der Waals surface area contributed by atoms with Crippen molar-refractivity contribution in [1.29, 1.82) is 0 Å². The number of aliphatic hydroxyl groups excluding tert-OH is 1. The van der Waals surface area contributed by atoms with Gasteiger partial charge in [-0.15, -0.1) is 0 Å². The van der Waals surface area contributed by atoms with Crippen molar-refractivity contribution in [3.05, 3.63) is 71.8 Å². The Bertz CT molecular complexity index is 882. The lowest BCUT2D eigenvalue weighted by molar-refractivity contribution is 0.0164. The number of hydrogen-bond acceptors (Lipinski definition) is 5. The van der Waals surface area contributed by atoms with Crippen molar-refractivity contribution < 1.29 is 24.2 Å². The molecule has 2 N–H and O–H groups in total. The van der Waals surface area contributed by atoms with Crippen LogP contribution in [0.5, 0.6) is 0 Å². The Kier molecular flexibility index (Phi) is 7.75. The number of amides is 2. The fourth-order valence-corrected chi connectivity index (χ4v) is 3.95. The summed E-state index contributed by atoms with van der Waals surface area (Å²) in [5.74, 6) is -0.195. The average molecular weight is 441 g/mol. The van der Waals surface area contributed by atoms with Crippen LogP contribution < -0.4 is 5.32 Å². The van der Waals surface area contributed by atoms with Crippen LogP contribution in [0, 0.1) is 5.92 Å². The van der Waals surface area contributed by atoms with E-state index in [1.807, 2.05) is 60.7 Å². The highest BCUT2D eigenvalue weighted by atomic mass is 16.6. The van der Waals surface area contributed by atoms with Gasteiger partial charge in [0, 0.05) is 19.1 Å². The second kappa shape index (κ2) is 10.5. The van der Waals surface area contributed by atoms with Crippen molar-refractivity contribution in [3.63, 3.8) is 0 Å². The highest BCUT2D eigenvalue weighted by molar-refractivity contribution is 5.71. The van der Waals surface area contributed by atoms with E-state index in [-0.39, 0.29) is 19.1 Å². The number of likely N-dealkylation sites (tertiary alicyclic amines) is 1. The standard InChI is InChI=1S/C25H32N2O5/c1-25(2,3)32-23(29)26-21-14-19(16-28)15-27(22(21)20-12-8-5-9-13-20)24(30)31-17-18-10-6-4-7-11-18/h4-13,19,21-22,28H,14-17H2,1-3H3,(H,26,29)/t19-,21-,22+/m1/s1. The highest BCUT2D eigenvalue weighted by Gasteiger charge is 2.41. The van der Waals surface area contributed by atoms with Crippen molar-refractivity contribution >= 4 is 12.2 Å². The smallest absolute Gasteiger partial charge is 0.410 e. The number of nitrogens with one attached hydrogen (secondary N) is 1. The van der Waals surface area contributed by atoms with Gasteiger partial charge in [0.2, 0.25) is 0 Å². The third kappa shape index (κ3) is 6.47. The number of carbonyl (C=O) groups is 2. The zero-order valence-electron chi connectivity index (χ0n) is 18.9. The molecule has 3 atom stereocenters. The van der Waals surface area contributed by atoms with E-state index in [4.69, 9.17) is 9.47 Å². The molecule has 1 aliphatic heterocycles. The first-order valence-electron chi connectivity index (χ1n) is 10.9. The van der Waals surface area contributed by atoms with Crippen LogP contribution in [0.25, 0.3) is 0 Å². The van der Waals surface area contributed by atoms with Gasteiger partial charge < -0.3 is 19.9 Å². The maximum atomic E-state index is 13.2. The molecule has 2 aromatic rings. The summed E-state index contributed by atoms with van der Waals surface area (Å²) in [5.41, 5.74) is 1.11. The van der Waals surface area contributed by atoms with Gasteiger partial charge in [0.1, 0.15) is 12.2 Å². The predicted octanol–water partition coefficient (Wildman–Crippen LogP) is 4.27. The lowest BCUT2D eigenvalue weighted by Crippen LogP contribution is -2.55. The number of carbonyl (C=O) groups excluding carboxylic acids is 2. The van der Waals surface area contributed by atoms with E-state index in [0.29, 0.717) is 13.0 Å². The minimum absolute atomic E-state index is 0.101. The summed E-state index contributed by atoms with van der Waals surface area (Å²) in [6.07, 6.45) is -0.533. The maximum Gasteiger partial charge on any atom is 0.410 e. The number of hydrogen-bond donors (Lipinski definition) is 2. The van der Waals surface area contributed by atoms with Crippen LogP contribution in [-0.2, 0) is 16.1 Å². The van der Waals surface area contributed by atoms with E-state index in [0.717, 1.165) is 11.1 Å². The van der Waals surface area contributed by atoms with Gasteiger partial charge in [-0.2, -0.15) is 0 Å². The normalized spacial score (nSPS) is 21.0. The quantitative estimate of drug-likeness (QED) is 0.725. The molecule has 0 unspecified atom stereocenters. The second-order valence-corrected chi connectivity index (χ2v) is 9.09. The van der Waals surface area contributed by atoms with Gasteiger partial charge in [-0.25, -0.2) is 9.59 Å². The predicted molar refractivity (Wildman–Crippen MR) is 121 cm³/mol. The fraction of sp³-hybridized carbons (Fsp3) is 0.440. The molecule has 172 valence electrons. The Hall–Kier alpha value is -3.06. The summed E-state index contributed by atoms with van der Waals surface area (Å²) in [6, 6.07) is 18.1. The SMILES string of the molecule is CC(C)(C)OC(=O)N[C@@H]1C[C@@H](CO)CN(C(=O)OCc2ccccc2)[C@H]1c1ccccc1. The molecule has 2 aromatic carbocycles. The molecule has 1 heterocycles. The van der Waals surface area contributed by atoms with Crippen molar-refractivity contribution in [2.24, 2.45) is 5.92 Å². The first kappa shape index (κ1) is 23.6. The minimum Gasteiger partial charge on any atom is -0.445 e. The van der Waals surface area contributed by atoms with Crippen LogP contribution in [0.3, 0.4) is 0 Å². The third-order valence-electron chi connectivity index (χ3n) is 5.30. The van der Waals surface area contributed by atoms with Crippen molar-refractivity contribution in [3.8, 4) is 0 Å². The third-order valence-corrected chi connectivity index (χ3v) is 5.30. The van der Waals surface area contributed by atoms with Gasteiger partial charge in [-0.3, -0.25) is 4.90 Å². The van der Waals surface area contributed by atoms with Crippen LogP contribution in [-0.4, -0.2) is 47.0 Å². The average Bonchev–Trinajstić information content (AvgIpc) is 2.77. The minimum atomic E-state index is -0.647. The number of nitrogens with zero attached hydrogens (tertiary/aromatic N) is 1. The molecule has 32 heavy (non-hydrogen) atoms. The van der Waals surface area contributed by atoms with E-state index in [1.54, 1.807) is 25.7 Å².